The molecule has 3 N–H and O–H groups in total. The summed E-state index contributed by atoms with van der Waals surface area (Å²) in [7, 11) is 0. The van der Waals surface area contributed by atoms with Gasteiger partial charge >= 0.3 is 11.9 Å². The number of hydrogen-bond donors (Lipinski definition) is 3. The second kappa shape index (κ2) is 4.89. The molecule has 1 rings (SSSR count). The van der Waals surface area contributed by atoms with Crippen molar-refractivity contribution in [2.45, 2.75) is 0 Å². The number of nitrogens with zero attached hydrogens (tertiary/aromatic N) is 2. The Morgan fingerprint density at radius 3 is 2.73 bits per heavy atom. The molecule has 0 aliphatic carbocycles. The van der Waals surface area contributed by atoms with Crippen LogP contribution in [-0.2, 0) is 9.59 Å². The van der Waals surface area contributed by atoms with Crippen LogP contribution in [0.25, 0.3) is 0 Å². The van der Waals surface area contributed by atoms with E-state index in [1.165, 1.54) is 12.3 Å². The number of hydroxylamine groups is 1. The van der Waals surface area contributed by atoms with Crippen LogP contribution in [0.2, 0.25) is 0 Å². The molecular weight excluding hydrogens is 317 g/mol. The van der Waals surface area contributed by atoms with Crippen LogP contribution >= 0.6 is 22.6 Å². The number of rotatable bonds is 2. The zero-order valence-corrected chi connectivity index (χ0v) is 9.37. The maximum Gasteiger partial charge on any atom is 0.398 e. The second-order valence-corrected chi connectivity index (χ2v) is 3.64. The molecule has 0 atom stereocenters. The van der Waals surface area contributed by atoms with E-state index in [1.807, 2.05) is 22.6 Å². The number of halogens is 1. The molecule has 0 aromatic carbocycles. The lowest BCUT2D eigenvalue weighted by molar-refractivity contribution is -0.173. The van der Waals surface area contributed by atoms with Gasteiger partial charge < -0.3 is 5.11 Å². The first kappa shape index (κ1) is 11.7. The van der Waals surface area contributed by atoms with E-state index >= 15 is 0 Å². The van der Waals surface area contributed by atoms with Crippen molar-refractivity contribution < 1.29 is 19.9 Å². The number of carboxylic acid groups (broad SMARTS) is 1. The summed E-state index contributed by atoms with van der Waals surface area (Å²) in [5.41, 5.74) is 2.11. The molecule has 0 radical (unpaired) electrons. The largest absolute Gasteiger partial charge is 0.474 e. The number of aromatic nitrogens is 1. The summed E-state index contributed by atoms with van der Waals surface area (Å²) in [6, 6.07) is 3.23. The molecule has 8 heteroatoms. The van der Waals surface area contributed by atoms with Crippen LogP contribution in [0, 0.1) is 3.57 Å². The molecule has 0 bridgehead atoms. The van der Waals surface area contributed by atoms with Gasteiger partial charge in [-0.1, -0.05) is 0 Å². The van der Waals surface area contributed by atoms with Crippen molar-refractivity contribution in [1.29, 1.82) is 0 Å². The van der Waals surface area contributed by atoms with Crippen LogP contribution < -0.4 is 5.43 Å². The number of nitrogens with one attached hydrogen (secondary N) is 1. The van der Waals surface area contributed by atoms with Crippen LogP contribution in [0.5, 0.6) is 0 Å². The molecule has 0 unspecified atom stereocenters. The molecule has 1 amide bonds. The van der Waals surface area contributed by atoms with Gasteiger partial charge in [0.2, 0.25) is 0 Å². The summed E-state index contributed by atoms with van der Waals surface area (Å²) in [6.45, 7) is 0. The molecule has 0 aliphatic rings. The number of carbonyl (C=O) groups is 2. The van der Waals surface area contributed by atoms with E-state index in [0.717, 1.165) is 3.57 Å². The van der Waals surface area contributed by atoms with Gasteiger partial charge in [-0.05, 0) is 34.7 Å². The van der Waals surface area contributed by atoms with Gasteiger partial charge in [-0.15, -0.1) is 5.17 Å². The minimum Gasteiger partial charge on any atom is -0.474 e. The summed E-state index contributed by atoms with van der Waals surface area (Å²) in [6.07, 6.45) is 1.45. The third-order valence-corrected chi connectivity index (χ3v) is 1.99. The van der Waals surface area contributed by atoms with Gasteiger partial charge in [-0.2, -0.15) is 0 Å². The van der Waals surface area contributed by atoms with Crippen molar-refractivity contribution >= 4 is 40.3 Å². The van der Waals surface area contributed by atoms with Crippen LogP contribution in [0.4, 0.5) is 5.82 Å². The highest BCUT2D eigenvalue weighted by atomic mass is 127. The average Bonchev–Trinajstić information content (AvgIpc) is 2.16. The third kappa shape index (κ3) is 3.32. The normalized spacial score (nSPS) is 9.47. The van der Waals surface area contributed by atoms with Gasteiger partial charge in [0, 0.05) is 9.77 Å². The molecule has 0 saturated heterocycles. The van der Waals surface area contributed by atoms with Crippen LogP contribution in [0.1, 0.15) is 0 Å². The Morgan fingerprint density at radius 2 is 2.20 bits per heavy atom. The van der Waals surface area contributed by atoms with E-state index in [2.05, 4.69) is 10.4 Å². The van der Waals surface area contributed by atoms with Crippen molar-refractivity contribution in [3.8, 4) is 0 Å². The maximum absolute atomic E-state index is 10.7. The Balaban J connectivity index is 2.70. The second-order valence-electron chi connectivity index (χ2n) is 2.39. The number of pyridine rings is 1. The monoisotopic (exact) mass is 323 g/mol. The van der Waals surface area contributed by atoms with Gasteiger partial charge in [0.1, 0.15) is 5.82 Å². The summed E-state index contributed by atoms with van der Waals surface area (Å²) in [5, 5.41) is 17.1. The Labute approximate surface area is 97.8 Å². The standard InChI is InChI=1S/C7H6IN3O4/c8-4-1-2-9-5(3-4)10-11(15)6(12)7(13)14/h1-3,15H,(H,9,10)(H,13,14). The molecule has 0 spiro atoms. The summed E-state index contributed by atoms with van der Waals surface area (Å²) in [4.78, 5) is 24.7. The number of hydrazine groups is 1. The van der Waals surface area contributed by atoms with E-state index in [0.29, 0.717) is 0 Å². The lowest BCUT2D eigenvalue weighted by atomic mass is 10.5. The van der Waals surface area contributed by atoms with E-state index < -0.39 is 11.9 Å². The Kier molecular flexibility index (Phi) is 3.80. The van der Waals surface area contributed by atoms with Gasteiger partial charge in [0.05, 0.1) is 0 Å². The number of anilines is 1. The lowest BCUT2D eigenvalue weighted by Gasteiger charge is -2.13. The number of carbonyl (C=O) groups excluding carboxylic acids is 1. The predicted octanol–water partition coefficient (Wildman–Crippen LogP) is 0.315. The minimum absolute atomic E-state index is 0.138. The SMILES string of the molecule is O=C(O)C(=O)N(O)Nc1cc(I)ccn1. The van der Waals surface area contributed by atoms with Crippen molar-refractivity contribution in [2.75, 3.05) is 5.43 Å². The molecule has 0 aliphatic heterocycles. The van der Waals surface area contributed by atoms with Crippen molar-refractivity contribution in [3.05, 3.63) is 21.9 Å². The average molecular weight is 323 g/mol. The van der Waals surface area contributed by atoms with E-state index in [1.54, 1.807) is 6.07 Å². The van der Waals surface area contributed by atoms with E-state index in [-0.39, 0.29) is 11.0 Å². The molecule has 1 aromatic heterocycles. The number of amides is 1. The van der Waals surface area contributed by atoms with Crippen molar-refractivity contribution in [1.82, 2.24) is 10.2 Å². The Morgan fingerprint density at radius 1 is 1.53 bits per heavy atom. The topological polar surface area (TPSA) is 103 Å². The lowest BCUT2D eigenvalue weighted by Crippen LogP contribution is -2.38. The van der Waals surface area contributed by atoms with Crippen LogP contribution in [0.3, 0.4) is 0 Å². The molecular formula is C7H6IN3O4. The smallest absolute Gasteiger partial charge is 0.398 e. The maximum atomic E-state index is 10.7. The van der Waals surface area contributed by atoms with Crippen molar-refractivity contribution in [3.63, 3.8) is 0 Å². The summed E-state index contributed by atoms with van der Waals surface area (Å²) in [5.74, 6) is -3.09. The predicted molar refractivity (Wildman–Crippen MR) is 56.8 cm³/mol. The number of aliphatic carboxylic acids is 1. The van der Waals surface area contributed by atoms with Crippen LogP contribution in [-0.4, -0.2) is 32.3 Å². The quantitative estimate of drug-likeness (QED) is 0.313. The first-order valence-corrected chi connectivity index (χ1v) is 4.73. The Bertz CT molecular complexity index is 398. The highest BCUT2D eigenvalue weighted by Crippen LogP contribution is 2.09. The molecule has 7 nitrogen and oxygen atoms in total. The first-order chi connectivity index (χ1) is 7.00. The fourth-order valence-corrected chi connectivity index (χ4v) is 1.17. The number of carboxylic acids is 1. The van der Waals surface area contributed by atoms with Gasteiger partial charge in [0.15, 0.2) is 0 Å². The zero-order chi connectivity index (χ0) is 11.4. The van der Waals surface area contributed by atoms with Crippen LogP contribution in [0.15, 0.2) is 18.3 Å². The van der Waals surface area contributed by atoms with Gasteiger partial charge in [-0.3, -0.25) is 15.4 Å². The zero-order valence-electron chi connectivity index (χ0n) is 7.22. The molecule has 0 saturated carbocycles. The van der Waals surface area contributed by atoms with Crippen molar-refractivity contribution in [2.24, 2.45) is 0 Å². The molecule has 80 valence electrons. The highest BCUT2D eigenvalue weighted by molar-refractivity contribution is 14.1. The molecule has 1 heterocycles. The van der Waals surface area contributed by atoms with E-state index in [9.17, 15) is 9.59 Å². The first-order valence-electron chi connectivity index (χ1n) is 3.65. The summed E-state index contributed by atoms with van der Waals surface area (Å²) >= 11 is 2.00. The fraction of sp³-hybridized carbons (Fsp3) is 0. The van der Waals surface area contributed by atoms with Gasteiger partial charge in [-0.25, -0.2) is 9.78 Å². The number of hydrogen-bond acceptors (Lipinski definition) is 5. The van der Waals surface area contributed by atoms with Gasteiger partial charge in [0.25, 0.3) is 0 Å². The minimum atomic E-state index is -1.77. The molecule has 1 aromatic rings. The highest BCUT2D eigenvalue weighted by Gasteiger charge is 2.19. The van der Waals surface area contributed by atoms with E-state index in [4.69, 9.17) is 10.3 Å². The fourth-order valence-electron chi connectivity index (χ4n) is 0.716. The Hall–Kier alpha value is -1.42. The summed E-state index contributed by atoms with van der Waals surface area (Å²) < 4.78 is 0.821. The third-order valence-electron chi connectivity index (χ3n) is 1.32. The molecule has 15 heavy (non-hydrogen) atoms. The molecule has 0 fully saturated rings.